The van der Waals surface area contributed by atoms with Gasteiger partial charge in [0.05, 0.1) is 27.0 Å². The van der Waals surface area contributed by atoms with Gasteiger partial charge in [-0.25, -0.2) is 0 Å². The van der Waals surface area contributed by atoms with Crippen LogP contribution in [0.25, 0.3) is 0 Å². The standard InChI is InChI=1S/C11H14N4O2/c1-16-9-4-3-8(5-10(9)17-2)7-15-13-6-11(12)14-15/h3-6H,7H2,1-2H3,(H2,12,14). The van der Waals surface area contributed by atoms with Crippen molar-refractivity contribution in [3.05, 3.63) is 30.0 Å². The molecule has 0 aliphatic rings. The highest BCUT2D eigenvalue weighted by atomic mass is 16.5. The number of nitrogens with two attached hydrogens (primary N) is 1. The number of hydrogen-bond acceptors (Lipinski definition) is 5. The highest BCUT2D eigenvalue weighted by molar-refractivity contribution is 5.42. The van der Waals surface area contributed by atoms with Gasteiger partial charge in [-0.05, 0) is 17.7 Å². The first-order valence-electron chi connectivity index (χ1n) is 5.09. The molecule has 2 N–H and O–H groups in total. The molecule has 0 fully saturated rings. The summed E-state index contributed by atoms with van der Waals surface area (Å²) in [6, 6.07) is 5.67. The van der Waals surface area contributed by atoms with E-state index in [2.05, 4.69) is 10.2 Å². The summed E-state index contributed by atoms with van der Waals surface area (Å²) in [4.78, 5) is 1.52. The minimum absolute atomic E-state index is 0.408. The first-order valence-corrected chi connectivity index (χ1v) is 5.09. The smallest absolute Gasteiger partial charge is 0.165 e. The Hall–Kier alpha value is -2.24. The number of rotatable bonds is 4. The number of nitrogens with zero attached hydrogens (tertiary/aromatic N) is 3. The quantitative estimate of drug-likeness (QED) is 0.851. The molecule has 0 unspecified atom stereocenters. The van der Waals surface area contributed by atoms with Gasteiger partial charge < -0.3 is 15.2 Å². The van der Waals surface area contributed by atoms with Crippen LogP contribution in [0.15, 0.2) is 24.4 Å². The van der Waals surface area contributed by atoms with Crippen molar-refractivity contribution in [3.63, 3.8) is 0 Å². The molecule has 90 valence electrons. The first-order chi connectivity index (χ1) is 8.22. The maximum absolute atomic E-state index is 5.49. The molecule has 2 aromatic rings. The summed E-state index contributed by atoms with van der Waals surface area (Å²) in [5, 5.41) is 8.03. The molecule has 0 saturated heterocycles. The fourth-order valence-electron chi connectivity index (χ4n) is 1.53. The minimum atomic E-state index is 0.408. The van der Waals surface area contributed by atoms with Crippen LogP contribution in [-0.4, -0.2) is 29.2 Å². The summed E-state index contributed by atoms with van der Waals surface area (Å²) in [5.41, 5.74) is 6.51. The molecule has 0 aliphatic carbocycles. The molecule has 1 heterocycles. The predicted molar refractivity (Wildman–Crippen MR) is 63.1 cm³/mol. The van der Waals surface area contributed by atoms with E-state index in [1.165, 1.54) is 11.0 Å². The zero-order valence-corrected chi connectivity index (χ0v) is 9.75. The van der Waals surface area contributed by atoms with E-state index in [9.17, 15) is 0 Å². The van der Waals surface area contributed by atoms with Crippen LogP contribution < -0.4 is 15.2 Å². The fourth-order valence-corrected chi connectivity index (χ4v) is 1.53. The van der Waals surface area contributed by atoms with Crippen molar-refractivity contribution in [1.82, 2.24) is 15.0 Å². The Kier molecular flexibility index (Phi) is 3.13. The SMILES string of the molecule is COc1ccc(Cn2ncc(N)n2)cc1OC. The van der Waals surface area contributed by atoms with Crippen LogP contribution in [-0.2, 0) is 6.54 Å². The van der Waals surface area contributed by atoms with Crippen LogP contribution in [0, 0.1) is 0 Å². The second kappa shape index (κ2) is 4.73. The summed E-state index contributed by atoms with van der Waals surface area (Å²) in [6.07, 6.45) is 1.51. The lowest BCUT2D eigenvalue weighted by Crippen LogP contribution is -2.04. The Labute approximate surface area is 98.9 Å². The van der Waals surface area contributed by atoms with Crippen molar-refractivity contribution >= 4 is 5.82 Å². The van der Waals surface area contributed by atoms with Gasteiger partial charge in [0.1, 0.15) is 0 Å². The Morgan fingerprint density at radius 3 is 2.59 bits per heavy atom. The summed E-state index contributed by atoms with van der Waals surface area (Å²) in [7, 11) is 3.21. The number of benzene rings is 1. The summed E-state index contributed by atoms with van der Waals surface area (Å²) in [6.45, 7) is 0.539. The summed E-state index contributed by atoms with van der Waals surface area (Å²) >= 11 is 0. The maximum atomic E-state index is 5.49. The molecule has 17 heavy (non-hydrogen) atoms. The van der Waals surface area contributed by atoms with E-state index in [0.717, 1.165) is 5.56 Å². The van der Waals surface area contributed by atoms with Crippen LogP contribution in [0.5, 0.6) is 11.5 Å². The van der Waals surface area contributed by atoms with Gasteiger partial charge in [0.2, 0.25) is 0 Å². The monoisotopic (exact) mass is 234 g/mol. The highest BCUT2D eigenvalue weighted by Gasteiger charge is 2.05. The Balaban J connectivity index is 2.22. The molecule has 1 aromatic carbocycles. The van der Waals surface area contributed by atoms with Crippen molar-refractivity contribution in [2.24, 2.45) is 0 Å². The second-order valence-corrected chi connectivity index (χ2v) is 3.49. The number of ether oxygens (including phenoxy) is 2. The highest BCUT2D eigenvalue weighted by Crippen LogP contribution is 2.27. The number of aromatic nitrogens is 3. The van der Waals surface area contributed by atoms with Crippen molar-refractivity contribution in [3.8, 4) is 11.5 Å². The Bertz CT molecular complexity index is 510. The van der Waals surface area contributed by atoms with Gasteiger partial charge in [0, 0.05) is 0 Å². The fraction of sp³-hybridized carbons (Fsp3) is 0.273. The van der Waals surface area contributed by atoms with Gasteiger partial charge in [-0.2, -0.15) is 9.90 Å². The van der Waals surface area contributed by atoms with Crippen molar-refractivity contribution in [1.29, 1.82) is 0 Å². The lowest BCUT2D eigenvalue weighted by Gasteiger charge is -2.09. The maximum Gasteiger partial charge on any atom is 0.165 e. The molecular weight excluding hydrogens is 220 g/mol. The average molecular weight is 234 g/mol. The van der Waals surface area contributed by atoms with Crippen LogP contribution in [0.2, 0.25) is 0 Å². The predicted octanol–water partition coefficient (Wildman–Crippen LogP) is 0.926. The van der Waals surface area contributed by atoms with Gasteiger partial charge in [0.15, 0.2) is 17.3 Å². The third-order valence-electron chi connectivity index (χ3n) is 2.33. The van der Waals surface area contributed by atoms with Crippen LogP contribution in [0.4, 0.5) is 5.82 Å². The summed E-state index contributed by atoms with van der Waals surface area (Å²) < 4.78 is 10.4. The third kappa shape index (κ3) is 2.47. The molecule has 0 spiro atoms. The van der Waals surface area contributed by atoms with Crippen LogP contribution in [0.3, 0.4) is 0 Å². The van der Waals surface area contributed by atoms with Gasteiger partial charge in [0.25, 0.3) is 0 Å². The lowest BCUT2D eigenvalue weighted by molar-refractivity contribution is 0.354. The zero-order valence-electron chi connectivity index (χ0n) is 9.75. The molecule has 1 aromatic heterocycles. The number of methoxy groups -OCH3 is 2. The molecule has 0 bridgehead atoms. The molecule has 0 radical (unpaired) electrons. The van der Waals surface area contributed by atoms with E-state index in [0.29, 0.717) is 23.9 Å². The molecule has 0 atom stereocenters. The van der Waals surface area contributed by atoms with Crippen molar-refractivity contribution < 1.29 is 9.47 Å². The van der Waals surface area contributed by atoms with Gasteiger partial charge >= 0.3 is 0 Å². The molecule has 6 heteroatoms. The molecule has 0 amide bonds. The average Bonchev–Trinajstić information content (AvgIpc) is 2.74. The first kappa shape index (κ1) is 11.3. The number of anilines is 1. The zero-order chi connectivity index (χ0) is 12.3. The van der Waals surface area contributed by atoms with Crippen molar-refractivity contribution in [2.75, 3.05) is 20.0 Å². The second-order valence-electron chi connectivity index (χ2n) is 3.49. The molecule has 6 nitrogen and oxygen atoms in total. The molecule has 0 aliphatic heterocycles. The number of hydrogen-bond donors (Lipinski definition) is 1. The van der Waals surface area contributed by atoms with E-state index >= 15 is 0 Å². The van der Waals surface area contributed by atoms with Gasteiger partial charge in [-0.15, -0.1) is 5.10 Å². The van der Waals surface area contributed by atoms with Crippen molar-refractivity contribution in [2.45, 2.75) is 6.54 Å². The van der Waals surface area contributed by atoms with E-state index in [-0.39, 0.29) is 0 Å². The van der Waals surface area contributed by atoms with Gasteiger partial charge in [-0.3, -0.25) is 0 Å². The Morgan fingerprint density at radius 1 is 1.24 bits per heavy atom. The molecule has 2 rings (SSSR count). The third-order valence-corrected chi connectivity index (χ3v) is 2.33. The lowest BCUT2D eigenvalue weighted by atomic mass is 10.2. The van der Waals surface area contributed by atoms with Crippen LogP contribution >= 0.6 is 0 Å². The van der Waals surface area contributed by atoms with E-state index in [4.69, 9.17) is 15.2 Å². The topological polar surface area (TPSA) is 75.2 Å². The van der Waals surface area contributed by atoms with Crippen LogP contribution in [0.1, 0.15) is 5.56 Å². The van der Waals surface area contributed by atoms with E-state index < -0.39 is 0 Å². The largest absolute Gasteiger partial charge is 0.493 e. The molecular formula is C11H14N4O2. The Morgan fingerprint density at radius 2 is 2.00 bits per heavy atom. The van der Waals surface area contributed by atoms with E-state index in [1.807, 2.05) is 18.2 Å². The summed E-state index contributed by atoms with van der Waals surface area (Å²) in [5.74, 6) is 1.79. The number of nitrogen functional groups attached to an aromatic ring is 1. The van der Waals surface area contributed by atoms with E-state index in [1.54, 1.807) is 14.2 Å². The molecule has 0 saturated carbocycles. The van der Waals surface area contributed by atoms with Gasteiger partial charge in [-0.1, -0.05) is 6.07 Å². The minimum Gasteiger partial charge on any atom is -0.493 e. The normalized spacial score (nSPS) is 10.2.